The van der Waals surface area contributed by atoms with Crippen molar-refractivity contribution in [2.45, 2.75) is 36.9 Å². The van der Waals surface area contributed by atoms with Crippen LogP contribution < -0.4 is 10.2 Å². The summed E-state index contributed by atoms with van der Waals surface area (Å²) in [6.07, 6.45) is -1.51. The van der Waals surface area contributed by atoms with E-state index in [-0.39, 0.29) is 23.1 Å². The van der Waals surface area contributed by atoms with Crippen molar-refractivity contribution in [2.75, 3.05) is 38.1 Å². The maximum absolute atomic E-state index is 13.9. The first-order chi connectivity index (χ1) is 19.5. The first-order valence-electron chi connectivity index (χ1n) is 13.3. The second-order valence-corrected chi connectivity index (χ2v) is 10.7. The second-order valence-electron chi connectivity index (χ2n) is 10.7. The number of nitrogens with zero attached hydrogens (tertiary/aromatic N) is 4. The summed E-state index contributed by atoms with van der Waals surface area (Å²) in [5.41, 5.74) is -0.334. The summed E-state index contributed by atoms with van der Waals surface area (Å²) in [4.78, 5) is 22.3. The van der Waals surface area contributed by atoms with Gasteiger partial charge in [0, 0.05) is 37.4 Å². The molecule has 0 spiro atoms. The number of hydrogen-bond acceptors (Lipinski definition) is 6. The van der Waals surface area contributed by atoms with Gasteiger partial charge in [-0.05, 0) is 74.8 Å². The molecule has 2 aliphatic rings. The lowest BCUT2D eigenvalue weighted by Gasteiger charge is -2.42. The third-order valence-corrected chi connectivity index (χ3v) is 8.14. The van der Waals surface area contributed by atoms with Crippen LogP contribution in [0.3, 0.4) is 0 Å². The Balaban J connectivity index is 1.44. The molecule has 0 aliphatic carbocycles. The number of nitrogens with one attached hydrogen (secondary N) is 1. The SMILES string of the molecule is CN1CC[C@@H](NC(=O)C2(c3ccc(-c4cccc(F)c4O)nc3)CCN(c3ccc(C(F)(F)F)cc3C#N)CC2)C1. The summed E-state index contributed by atoms with van der Waals surface area (Å²) in [5.74, 6) is -1.43. The molecule has 1 amide bonds. The number of pyridine rings is 1. The first-order valence-corrected chi connectivity index (χ1v) is 13.3. The molecule has 11 heteroatoms. The van der Waals surface area contributed by atoms with E-state index in [9.17, 15) is 32.7 Å². The molecule has 1 aromatic heterocycles. The summed E-state index contributed by atoms with van der Waals surface area (Å²) < 4.78 is 53.6. The Morgan fingerprint density at radius 1 is 1.15 bits per heavy atom. The van der Waals surface area contributed by atoms with Crippen LogP contribution in [0.5, 0.6) is 5.75 Å². The van der Waals surface area contributed by atoms with E-state index < -0.39 is 28.7 Å². The van der Waals surface area contributed by atoms with Gasteiger partial charge in [0.25, 0.3) is 0 Å². The minimum Gasteiger partial charge on any atom is -0.504 e. The number of amides is 1. The summed E-state index contributed by atoms with van der Waals surface area (Å²) in [7, 11) is 1.99. The molecule has 0 unspecified atom stereocenters. The number of likely N-dealkylation sites (N-methyl/N-ethyl adjacent to an activating group) is 1. The number of rotatable bonds is 5. The molecule has 0 bridgehead atoms. The van der Waals surface area contributed by atoms with E-state index >= 15 is 0 Å². The van der Waals surface area contributed by atoms with Crippen molar-refractivity contribution < 1.29 is 27.5 Å². The zero-order valence-electron chi connectivity index (χ0n) is 22.4. The summed E-state index contributed by atoms with van der Waals surface area (Å²) in [6, 6.07) is 12.6. The quantitative estimate of drug-likeness (QED) is 0.429. The number of benzene rings is 2. The Hall–Kier alpha value is -4.17. The number of aromatic hydroxyl groups is 1. The number of halogens is 4. The number of para-hydroxylation sites is 1. The topological polar surface area (TPSA) is 92.5 Å². The number of hydrogen-bond donors (Lipinski definition) is 2. The number of piperidine rings is 1. The molecule has 7 nitrogen and oxygen atoms in total. The molecule has 0 radical (unpaired) electrons. The number of alkyl halides is 3. The highest BCUT2D eigenvalue weighted by atomic mass is 19.4. The van der Waals surface area contributed by atoms with E-state index in [2.05, 4.69) is 15.2 Å². The molecule has 5 rings (SSSR count). The fraction of sp³-hybridized carbons (Fsp3) is 0.367. The minimum absolute atomic E-state index is 0.0148. The van der Waals surface area contributed by atoms with Crippen LogP contribution in [-0.2, 0) is 16.4 Å². The van der Waals surface area contributed by atoms with E-state index in [1.54, 1.807) is 24.4 Å². The first kappa shape index (κ1) is 28.4. The van der Waals surface area contributed by atoms with Crippen molar-refractivity contribution >= 4 is 11.6 Å². The molecule has 41 heavy (non-hydrogen) atoms. The van der Waals surface area contributed by atoms with E-state index in [4.69, 9.17) is 0 Å². The highest BCUT2D eigenvalue weighted by Crippen LogP contribution is 2.40. The van der Waals surface area contributed by atoms with Crippen molar-refractivity contribution in [2.24, 2.45) is 0 Å². The molecule has 3 aromatic rings. The van der Waals surface area contributed by atoms with Crippen LogP contribution in [0, 0.1) is 17.1 Å². The number of nitriles is 1. The van der Waals surface area contributed by atoms with Gasteiger partial charge in [0.15, 0.2) is 11.6 Å². The monoisotopic (exact) mass is 567 g/mol. The van der Waals surface area contributed by atoms with Crippen molar-refractivity contribution in [3.8, 4) is 23.1 Å². The van der Waals surface area contributed by atoms with Gasteiger partial charge in [-0.1, -0.05) is 12.1 Å². The third kappa shape index (κ3) is 5.57. The fourth-order valence-electron chi connectivity index (χ4n) is 5.79. The van der Waals surface area contributed by atoms with Crippen LogP contribution >= 0.6 is 0 Å². The van der Waals surface area contributed by atoms with E-state index in [0.29, 0.717) is 42.9 Å². The van der Waals surface area contributed by atoms with Crippen LogP contribution in [0.1, 0.15) is 36.0 Å². The Kier molecular flexibility index (Phi) is 7.62. The van der Waals surface area contributed by atoms with Crippen LogP contribution in [0.15, 0.2) is 54.7 Å². The second kappa shape index (κ2) is 11.0. The van der Waals surface area contributed by atoms with Crippen molar-refractivity contribution in [3.05, 3.63) is 77.2 Å². The lowest BCUT2D eigenvalue weighted by Crippen LogP contribution is -2.54. The number of carbonyl (C=O) groups is 1. The average molecular weight is 568 g/mol. The highest BCUT2D eigenvalue weighted by molar-refractivity contribution is 5.89. The standard InChI is InChI=1S/C30H29F4N5O2/c1-38-12-9-22(18-38)37-28(41)29(21-5-7-25(36-17-21)23-3-2-4-24(31)27(23)40)10-13-39(14-11-29)26-8-6-20(30(32,33)34)15-19(26)16-35/h2-8,15,17,22,40H,9-14,18H2,1H3,(H,37,41)/t22-/m1/s1. The van der Waals surface area contributed by atoms with Gasteiger partial charge in [-0.25, -0.2) is 4.39 Å². The van der Waals surface area contributed by atoms with Crippen molar-refractivity contribution in [1.29, 1.82) is 5.26 Å². The molecule has 2 fully saturated rings. The number of likely N-dealkylation sites (tertiary alicyclic amines) is 1. The molecule has 3 heterocycles. The van der Waals surface area contributed by atoms with Gasteiger partial charge in [0.1, 0.15) is 6.07 Å². The van der Waals surface area contributed by atoms with Crippen LogP contribution in [0.4, 0.5) is 23.2 Å². The summed E-state index contributed by atoms with van der Waals surface area (Å²) in [5, 5.41) is 22.9. The maximum Gasteiger partial charge on any atom is 0.416 e. The largest absolute Gasteiger partial charge is 0.504 e. The maximum atomic E-state index is 13.9. The number of aromatic nitrogens is 1. The Morgan fingerprint density at radius 2 is 1.90 bits per heavy atom. The zero-order valence-corrected chi connectivity index (χ0v) is 22.4. The van der Waals surface area contributed by atoms with Crippen LogP contribution in [0.25, 0.3) is 11.3 Å². The van der Waals surface area contributed by atoms with Gasteiger partial charge in [0.05, 0.1) is 27.9 Å². The summed E-state index contributed by atoms with van der Waals surface area (Å²) >= 11 is 0. The number of phenols is 1. The van der Waals surface area contributed by atoms with Crippen molar-refractivity contribution in [3.63, 3.8) is 0 Å². The minimum atomic E-state index is -4.56. The molecule has 1 atom stereocenters. The molecule has 2 N–H and O–H groups in total. The van der Waals surface area contributed by atoms with E-state index in [0.717, 1.165) is 37.7 Å². The van der Waals surface area contributed by atoms with Gasteiger partial charge in [0.2, 0.25) is 5.91 Å². The predicted octanol–water partition coefficient (Wildman–Crippen LogP) is 4.84. The molecular formula is C30H29F4N5O2. The normalized spacial score (nSPS) is 19.1. The Labute approximate surface area is 235 Å². The molecule has 2 aliphatic heterocycles. The lowest BCUT2D eigenvalue weighted by atomic mass is 9.72. The lowest BCUT2D eigenvalue weighted by molar-refractivity contribution is -0.137. The molecule has 0 saturated carbocycles. The number of carbonyl (C=O) groups excluding carboxylic acids is 1. The van der Waals surface area contributed by atoms with Gasteiger partial charge < -0.3 is 20.2 Å². The average Bonchev–Trinajstić information content (AvgIpc) is 3.38. The van der Waals surface area contributed by atoms with E-state index in [1.165, 1.54) is 12.1 Å². The molecule has 214 valence electrons. The molecular weight excluding hydrogens is 538 g/mol. The van der Waals surface area contributed by atoms with E-state index in [1.807, 2.05) is 18.0 Å². The molecule has 2 saturated heterocycles. The fourth-order valence-corrected chi connectivity index (χ4v) is 5.79. The van der Waals surface area contributed by atoms with Gasteiger partial charge >= 0.3 is 6.18 Å². The third-order valence-electron chi connectivity index (χ3n) is 8.14. The smallest absolute Gasteiger partial charge is 0.416 e. The summed E-state index contributed by atoms with van der Waals surface area (Å²) in [6.45, 7) is 2.24. The van der Waals surface area contributed by atoms with Crippen LogP contribution in [0.2, 0.25) is 0 Å². The Bertz CT molecular complexity index is 1480. The Morgan fingerprint density at radius 3 is 2.51 bits per heavy atom. The van der Waals surface area contributed by atoms with Crippen LogP contribution in [-0.4, -0.2) is 60.2 Å². The molecule has 2 aromatic carbocycles. The number of phenolic OH excluding ortho intramolecular Hbond substituents is 1. The van der Waals surface area contributed by atoms with Gasteiger partial charge in [-0.15, -0.1) is 0 Å². The van der Waals surface area contributed by atoms with Gasteiger partial charge in [-0.3, -0.25) is 9.78 Å². The number of anilines is 1. The van der Waals surface area contributed by atoms with Crippen molar-refractivity contribution in [1.82, 2.24) is 15.2 Å². The van der Waals surface area contributed by atoms with Gasteiger partial charge in [-0.2, -0.15) is 18.4 Å². The zero-order chi connectivity index (χ0) is 29.4. The highest BCUT2D eigenvalue weighted by Gasteiger charge is 2.44. The predicted molar refractivity (Wildman–Crippen MR) is 145 cm³/mol.